The zero-order valence-electron chi connectivity index (χ0n) is 19.3. The number of carbonyl (C=O) groups is 2. The highest BCUT2D eigenvalue weighted by Gasteiger charge is 2.44. The van der Waals surface area contributed by atoms with Crippen LogP contribution in [0.3, 0.4) is 0 Å². The van der Waals surface area contributed by atoms with Crippen molar-refractivity contribution in [2.24, 2.45) is 0 Å². The summed E-state index contributed by atoms with van der Waals surface area (Å²) >= 11 is 0. The number of nitrogens with zero attached hydrogens (tertiary/aromatic N) is 1. The summed E-state index contributed by atoms with van der Waals surface area (Å²) < 4.78 is 6.28. The predicted octanol–water partition coefficient (Wildman–Crippen LogP) is 3.96. The number of carboxylic acids is 1. The Bertz CT molecular complexity index is 975. The number of ether oxygens (including phenoxy) is 1. The third-order valence-corrected chi connectivity index (χ3v) is 6.32. The van der Waals surface area contributed by atoms with Gasteiger partial charge in [0.15, 0.2) is 0 Å². The maximum Gasteiger partial charge on any atom is 0.323 e. The topological polar surface area (TPSA) is 107 Å². The molecule has 174 valence electrons. The van der Waals surface area contributed by atoms with E-state index in [4.69, 9.17) is 9.84 Å². The second-order valence-corrected chi connectivity index (χ2v) is 9.33. The Morgan fingerprint density at radius 3 is 2.62 bits per heavy atom. The van der Waals surface area contributed by atoms with Crippen molar-refractivity contribution in [3.05, 3.63) is 46.1 Å². The molecule has 0 radical (unpaired) electrons. The number of rotatable bonds is 8. The molecule has 0 spiro atoms. The van der Waals surface area contributed by atoms with Gasteiger partial charge in [-0.1, -0.05) is 23.3 Å². The van der Waals surface area contributed by atoms with Crippen molar-refractivity contribution in [1.29, 1.82) is 0 Å². The minimum Gasteiger partial charge on any atom is -0.508 e. The molecule has 0 saturated carbocycles. The molecule has 2 aliphatic rings. The third kappa shape index (κ3) is 4.99. The lowest BCUT2D eigenvalue weighted by Crippen LogP contribution is -2.49. The quantitative estimate of drug-likeness (QED) is 0.525. The number of hydrogen-bond donors (Lipinski definition) is 3. The highest BCUT2D eigenvalue weighted by Crippen LogP contribution is 2.46. The fourth-order valence-electron chi connectivity index (χ4n) is 4.35. The van der Waals surface area contributed by atoms with E-state index in [1.54, 1.807) is 0 Å². The molecule has 1 amide bonds. The van der Waals surface area contributed by atoms with Crippen LogP contribution in [0.4, 0.5) is 0 Å². The Morgan fingerprint density at radius 2 is 1.97 bits per heavy atom. The molecule has 0 saturated heterocycles. The number of phenols is 1. The molecular formula is C25H33NO6. The fourth-order valence-corrected chi connectivity index (χ4v) is 4.35. The van der Waals surface area contributed by atoms with Gasteiger partial charge in [-0.15, -0.1) is 0 Å². The van der Waals surface area contributed by atoms with Gasteiger partial charge in [-0.05, 0) is 59.4 Å². The van der Waals surface area contributed by atoms with Gasteiger partial charge in [0.1, 0.15) is 23.6 Å². The number of aliphatic hydroxyl groups is 1. The summed E-state index contributed by atoms with van der Waals surface area (Å²) in [5, 5.41) is 30.4. The number of carboxylic acid groups (broad SMARTS) is 1. The number of allylic oxidation sites excluding steroid dienone is 4. The molecule has 1 aromatic rings. The van der Waals surface area contributed by atoms with Gasteiger partial charge < -0.3 is 25.0 Å². The first-order valence-corrected chi connectivity index (χ1v) is 11.1. The van der Waals surface area contributed by atoms with E-state index in [2.05, 4.69) is 32.9 Å². The van der Waals surface area contributed by atoms with Crippen LogP contribution in [0.5, 0.6) is 11.5 Å². The van der Waals surface area contributed by atoms with Gasteiger partial charge in [0.25, 0.3) is 5.91 Å². The standard InChI is InChI=1S/C25H33NO6/c1-15(2)7-5-8-16(3)9-6-10-25(4)21(28)12-18-20(27)11-17-19(23(18)32-25)13-26(24(17)31)14-22(29)30/h7,9,11,21,27-28H,5-6,8,10,12-14H2,1-4H3,(H,29,30)/b16-9+. The van der Waals surface area contributed by atoms with E-state index in [0.717, 1.165) is 19.3 Å². The van der Waals surface area contributed by atoms with Crippen LogP contribution >= 0.6 is 0 Å². The average Bonchev–Trinajstić information content (AvgIpc) is 2.98. The number of aliphatic hydroxyl groups excluding tert-OH is 1. The maximum atomic E-state index is 12.6. The van der Waals surface area contributed by atoms with Gasteiger partial charge in [-0.25, -0.2) is 0 Å². The molecule has 32 heavy (non-hydrogen) atoms. The van der Waals surface area contributed by atoms with Gasteiger partial charge in [-0.2, -0.15) is 0 Å². The molecule has 2 unspecified atom stereocenters. The summed E-state index contributed by atoms with van der Waals surface area (Å²) in [5.41, 5.74) is 3.01. The molecule has 2 atom stereocenters. The van der Waals surface area contributed by atoms with Gasteiger partial charge in [0, 0.05) is 17.5 Å². The molecule has 0 aromatic heterocycles. The van der Waals surface area contributed by atoms with Crippen LogP contribution in [-0.2, 0) is 17.8 Å². The molecule has 3 N–H and O–H groups in total. The first kappa shape index (κ1) is 23.9. The zero-order chi connectivity index (χ0) is 23.6. The van der Waals surface area contributed by atoms with Crippen LogP contribution in [-0.4, -0.2) is 50.3 Å². The van der Waals surface area contributed by atoms with Gasteiger partial charge >= 0.3 is 5.97 Å². The van der Waals surface area contributed by atoms with E-state index in [-0.39, 0.29) is 24.3 Å². The van der Waals surface area contributed by atoms with Crippen LogP contribution < -0.4 is 4.74 Å². The summed E-state index contributed by atoms with van der Waals surface area (Å²) in [5.74, 6) is -1.25. The van der Waals surface area contributed by atoms with E-state index >= 15 is 0 Å². The zero-order valence-corrected chi connectivity index (χ0v) is 19.3. The third-order valence-electron chi connectivity index (χ3n) is 6.32. The van der Waals surface area contributed by atoms with Crippen LogP contribution in [0, 0.1) is 0 Å². The number of phenolic OH excluding ortho intramolecular Hbond substituents is 1. The van der Waals surface area contributed by atoms with E-state index < -0.39 is 30.1 Å². The number of hydrogen-bond acceptors (Lipinski definition) is 5. The first-order valence-electron chi connectivity index (χ1n) is 11.1. The first-order chi connectivity index (χ1) is 15.0. The Hall–Kier alpha value is -2.80. The lowest BCUT2D eigenvalue weighted by atomic mass is 9.84. The summed E-state index contributed by atoms with van der Waals surface area (Å²) in [6.45, 7) is 7.81. The van der Waals surface area contributed by atoms with E-state index in [0.29, 0.717) is 23.3 Å². The van der Waals surface area contributed by atoms with Gasteiger partial charge in [-0.3, -0.25) is 9.59 Å². The molecule has 3 rings (SSSR count). The molecule has 7 nitrogen and oxygen atoms in total. The minimum atomic E-state index is -1.10. The van der Waals surface area contributed by atoms with E-state index in [1.807, 2.05) is 6.92 Å². The molecule has 0 aliphatic carbocycles. The number of aliphatic carboxylic acids is 1. The Balaban J connectivity index is 1.78. The van der Waals surface area contributed by atoms with Crippen molar-refractivity contribution in [3.8, 4) is 11.5 Å². The Labute approximate surface area is 189 Å². The molecule has 1 aromatic carbocycles. The molecule has 2 aliphatic heterocycles. The van der Waals surface area contributed by atoms with Gasteiger partial charge in [0.2, 0.25) is 0 Å². The SMILES string of the molecule is CC(C)=CCC/C(C)=C/CCC1(C)Oc2c(c(O)cc3c2CN(CC(=O)O)C3=O)CC1O. The summed E-state index contributed by atoms with van der Waals surface area (Å²) in [6.07, 6.45) is 7.07. The summed E-state index contributed by atoms with van der Waals surface area (Å²) in [6, 6.07) is 1.36. The summed E-state index contributed by atoms with van der Waals surface area (Å²) in [7, 11) is 0. The van der Waals surface area contributed by atoms with Crippen molar-refractivity contribution in [2.75, 3.05) is 6.54 Å². The van der Waals surface area contributed by atoms with Crippen molar-refractivity contribution in [2.45, 2.75) is 78.0 Å². The van der Waals surface area contributed by atoms with Crippen molar-refractivity contribution in [1.82, 2.24) is 4.90 Å². The average molecular weight is 444 g/mol. The van der Waals surface area contributed by atoms with Crippen LogP contribution in [0.1, 0.15) is 74.9 Å². The lowest BCUT2D eigenvalue weighted by molar-refractivity contribution is -0.137. The highest BCUT2D eigenvalue weighted by atomic mass is 16.5. The molecule has 2 heterocycles. The van der Waals surface area contributed by atoms with Crippen LogP contribution in [0.25, 0.3) is 0 Å². The van der Waals surface area contributed by atoms with Gasteiger partial charge in [0.05, 0.1) is 18.2 Å². The highest BCUT2D eigenvalue weighted by molar-refractivity contribution is 6.01. The minimum absolute atomic E-state index is 0.110. The molecular weight excluding hydrogens is 410 g/mol. The number of aromatic hydroxyl groups is 1. The van der Waals surface area contributed by atoms with Crippen LogP contribution in [0.2, 0.25) is 0 Å². The normalized spacial score (nSPS) is 22.3. The van der Waals surface area contributed by atoms with E-state index in [9.17, 15) is 19.8 Å². The van der Waals surface area contributed by atoms with Crippen LogP contribution in [0.15, 0.2) is 29.4 Å². The number of amides is 1. The summed E-state index contributed by atoms with van der Waals surface area (Å²) in [4.78, 5) is 24.9. The smallest absolute Gasteiger partial charge is 0.323 e. The number of fused-ring (bicyclic) bond motifs is 3. The van der Waals surface area contributed by atoms with E-state index in [1.165, 1.54) is 22.1 Å². The lowest BCUT2D eigenvalue weighted by Gasteiger charge is -2.40. The van der Waals surface area contributed by atoms with Crippen molar-refractivity contribution < 1.29 is 29.6 Å². The van der Waals surface area contributed by atoms with Crippen molar-refractivity contribution in [3.63, 3.8) is 0 Å². The second kappa shape index (κ2) is 9.36. The maximum absolute atomic E-state index is 12.6. The Kier molecular flexibility index (Phi) is 6.98. The number of benzene rings is 1. The molecule has 0 bridgehead atoms. The second-order valence-electron chi connectivity index (χ2n) is 9.33. The van der Waals surface area contributed by atoms with Crippen molar-refractivity contribution >= 4 is 11.9 Å². The fraction of sp³-hybridized carbons (Fsp3) is 0.520. The molecule has 0 fully saturated rings. The predicted molar refractivity (Wildman–Crippen MR) is 121 cm³/mol. The Morgan fingerprint density at radius 1 is 1.25 bits per heavy atom. The number of carbonyl (C=O) groups excluding carboxylic acids is 1. The largest absolute Gasteiger partial charge is 0.508 e. The molecule has 7 heteroatoms. The monoisotopic (exact) mass is 443 g/mol.